The lowest BCUT2D eigenvalue weighted by molar-refractivity contribution is -0.115. The van der Waals surface area contributed by atoms with Gasteiger partial charge in [-0.2, -0.15) is 0 Å². The van der Waals surface area contributed by atoms with Gasteiger partial charge in [-0.25, -0.2) is 0 Å². The normalized spacial score (nSPS) is 12.2. The zero-order valence-electron chi connectivity index (χ0n) is 8.66. The number of carbonyl (C=O) groups excluding carboxylic acids is 1. The smallest absolute Gasteiger partial charge is 0.250 e. The van der Waals surface area contributed by atoms with E-state index in [1.807, 2.05) is 6.92 Å². The molecule has 0 aliphatic heterocycles. The minimum Gasteiger partial charge on any atom is -0.324 e. The first-order valence-corrected chi connectivity index (χ1v) is 5.13. The Morgan fingerprint density at radius 3 is 2.80 bits per heavy atom. The molecule has 0 saturated heterocycles. The molecule has 1 rings (SSSR count). The molecule has 0 fully saturated rings. The van der Waals surface area contributed by atoms with Crippen LogP contribution in [-0.4, -0.2) is 15.9 Å². The predicted octanol–water partition coefficient (Wildman–Crippen LogP) is 1.43. The highest BCUT2D eigenvalue weighted by Gasteiger charge is 2.09. The molecule has 5 heteroatoms. The highest BCUT2D eigenvalue weighted by Crippen LogP contribution is 2.05. The van der Waals surface area contributed by atoms with E-state index in [1.165, 1.54) is 10.6 Å². The van der Waals surface area contributed by atoms with Crippen LogP contribution in [0.4, 0.5) is 5.69 Å². The number of aryl methyl sites for hydroxylation is 1. The molecule has 1 aromatic rings. The predicted molar refractivity (Wildman–Crippen MR) is 60.3 cm³/mol. The second-order valence-corrected chi connectivity index (χ2v) is 3.80. The summed E-state index contributed by atoms with van der Waals surface area (Å²) >= 11 is 5.60. The highest BCUT2D eigenvalue weighted by molar-refractivity contribution is 6.32. The maximum Gasteiger partial charge on any atom is 0.250 e. The van der Waals surface area contributed by atoms with Crippen LogP contribution in [0.15, 0.2) is 23.1 Å². The number of hydrogen-bond donors (Lipinski definition) is 1. The fourth-order valence-corrected chi connectivity index (χ4v) is 1.15. The van der Waals surface area contributed by atoms with Crippen molar-refractivity contribution in [2.75, 3.05) is 5.32 Å². The lowest BCUT2D eigenvalue weighted by Crippen LogP contribution is -2.23. The lowest BCUT2D eigenvalue weighted by atomic mass is 10.3. The molecule has 4 nitrogen and oxygen atoms in total. The third kappa shape index (κ3) is 3.09. The van der Waals surface area contributed by atoms with Gasteiger partial charge in [-0.1, -0.05) is 0 Å². The van der Waals surface area contributed by atoms with Crippen molar-refractivity contribution in [2.45, 2.75) is 25.8 Å². The van der Waals surface area contributed by atoms with E-state index < -0.39 is 5.38 Å². The average molecular weight is 229 g/mol. The van der Waals surface area contributed by atoms with Crippen LogP contribution in [0.5, 0.6) is 0 Å². The molecule has 0 aliphatic carbocycles. The molecule has 1 amide bonds. The van der Waals surface area contributed by atoms with E-state index in [0.717, 1.165) is 0 Å². The van der Waals surface area contributed by atoms with Gasteiger partial charge in [-0.3, -0.25) is 9.59 Å². The van der Waals surface area contributed by atoms with Crippen LogP contribution in [0.25, 0.3) is 0 Å². The number of anilines is 1. The number of pyridine rings is 1. The van der Waals surface area contributed by atoms with Gasteiger partial charge in [0.15, 0.2) is 0 Å². The van der Waals surface area contributed by atoms with Gasteiger partial charge in [0.2, 0.25) is 5.91 Å². The van der Waals surface area contributed by atoms with Crippen LogP contribution in [0, 0.1) is 0 Å². The Bertz CT molecular complexity index is 412. The zero-order chi connectivity index (χ0) is 11.4. The van der Waals surface area contributed by atoms with E-state index in [1.54, 1.807) is 19.2 Å². The van der Waals surface area contributed by atoms with E-state index in [0.29, 0.717) is 12.2 Å². The molecule has 1 aromatic heterocycles. The standard InChI is InChI=1S/C10H13ClN2O2/c1-3-13-6-8(4-5-9(13)14)12-10(15)7(2)11/h4-7H,3H2,1-2H3,(H,12,15). The van der Waals surface area contributed by atoms with Gasteiger partial charge >= 0.3 is 0 Å². The Morgan fingerprint density at radius 2 is 2.27 bits per heavy atom. The summed E-state index contributed by atoms with van der Waals surface area (Å²) in [5.41, 5.74) is 0.489. The van der Waals surface area contributed by atoms with E-state index in [2.05, 4.69) is 5.32 Å². The van der Waals surface area contributed by atoms with Crippen molar-refractivity contribution >= 4 is 23.2 Å². The summed E-state index contributed by atoms with van der Waals surface area (Å²) in [6.45, 7) is 4.02. The second-order valence-electron chi connectivity index (χ2n) is 3.15. The van der Waals surface area contributed by atoms with Gasteiger partial charge in [-0.15, -0.1) is 11.6 Å². The third-order valence-electron chi connectivity index (χ3n) is 1.95. The summed E-state index contributed by atoms with van der Waals surface area (Å²) in [4.78, 5) is 22.5. The molecule has 15 heavy (non-hydrogen) atoms. The van der Waals surface area contributed by atoms with Crippen molar-refractivity contribution in [3.8, 4) is 0 Å². The number of amides is 1. The number of aromatic nitrogens is 1. The Balaban J connectivity index is 2.88. The number of nitrogens with zero attached hydrogens (tertiary/aromatic N) is 1. The zero-order valence-corrected chi connectivity index (χ0v) is 9.41. The van der Waals surface area contributed by atoms with E-state index >= 15 is 0 Å². The van der Waals surface area contributed by atoms with Crippen molar-refractivity contribution in [1.29, 1.82) is 0 Å². The second kappa shape index (κ2) is 4.98. The molecule has 0 aliphatic rings. The molecule has 1 N–H and O–H groups in total. The van der Waals surface area contributed by atoms with Gasteiger partial charge in [-0.05, 0) is 19.9 Å². The largest absolute Gasteiger partial charge is 0.324 e. The van der Waals surface area contributed by atoms with Crippen molar-refractivity contribution in [2.24, 2.45) is 0 Å². The van der Waals surface area contributed by atoms with Crippen molar-refractivity contribution in [1.82, 2.24) is 4.57 Å². The van der Waals surface area contributed by atoms with Gasteiger partial charge in [0.25, 0.3) is 5.56 Å². The highest BCUT2D eigenvalue weighted by atomic mass is 35.5. The molecule has 1 atom stereocenters. The van der Waals surface area contributed by atoms with Crippen LogP contribution >= 0.6 is 11.6 Å². The molecule has 0 spiro atoms. The van der Waals surface area contributed by atoms with Gasteiger partial charge < -0.3 is 9.88 Å². The SMILES string of the molecule is CCn1cc(NC(=O)C(C)Cl)ccc1=O. The molecule has 0 radical (unpaired) electrons. The van der Waals surface area contributed by atoms with Gasteiger partial charge in [0, 0.05) is 18.8 Å². The Labute approximate surface area is 92.9 Å². The van der Waals surface area contributed by atoms with Crippen LogP contribution in [0.2, 0.25) is 0 Å². The molecule has 82 valence electrons. The van der Waals surface area contributed by atoms with Crippen LogP contribution in [-0.2, 0) is 11.3 Å². The number of carbonyl (C=O) groups is 1. The summed E-state index contributed by atoms with van der Waals surface area (Å²) in [7, 11) is 0. The first-order chi connectivity index (χ1) is 7.04. The summed E-state index contributed by atoms with van der Waals surface area (Å²) < 4.78 is 1.51. The third-order valence-corrected chi connectivity index (χ3v) is 2.15. The van der Waals surface area contributed by atoms with E-state index in [4.69, 9.17) is 11.6 Å². The Kier molecular flexibility index (Phi) is 3.91. The maximum absolute atomic E-state index is 11.3. The minimum atomic E-state index is -0.591. The quantitative estimate of drug-likeness (QED) is 0.796. The van der Waals surface area contributed by atoms with Crippen molar-refractivity contribution < 1.29 is 4.79 Å². The monoisotopic (exact) mass is 228 g/mol. The summed E-state index contributed by atoms with van der Waals surface area (Å²) in [5.74, 6) is -0.280. The Hall–Kier alpha value is -1.29. The summed E-state index contributed by atoms with van der Waals surface area (Å²) in [6, 6.07) is 2.98. The fourth-order valence-electron chi connectivity index (χ4n) is 1.09. The first-order valence-electron chi connectivity index (χ1n) is 4.70. The number of alkyl halides is 1. The lowest BCUT2D eigenvalue weighted by Gasteiger charge is -2.08. The summed E-state index contributed by atoms with van der Waals surface area (Å²) in [6.07, 6.45) is 1.60. The molecule has 0 aromatic carbocycles. The Morgan fingerprint density at radius 1 is 1.60 bits per heavy atom. The molecular formula is C10H13ClN2O2. The summed E-state index contributed by atoms with van der Waals surface area (Å²) in [5, 5.41) is 2.02. The van der Waals surface area contributed by atoms with Gasteiger partial charge in [0.05, 0.1) is 5.69 Å². The minimum absolute atomic E-state index is 0.0885. The van der Waals surface area contributed by atoms with Crippen LogP contribution < -0.4 is 10.9 Å². The van der Waals surface area contributed by atoms with Crippen LogP contribution in [0.1, 0.15) is 13.8 Å². The fraction of sp³-hybridized carbons (Fsp3) is 0.400. The van der Waals surface area contributed by atoms with Gasteiger partial charge in [0.1, 0.15) is 5.38 Å². The van der Waals surface area contributed by atoms with E-state index in [-0.39, 0.29) is 11.5 Å². The molecular weight excluding hydrogens is 216 g/mol. The number of hydrogen-bond acceptors (Lipinski definition) is 2. The number of nitrogens with one attached hydrogen (secondary N) is 1. The molecule has 0 saturated carbocycles. The van der Waals surface area contributed by atoms with Crippen molar-refractivity contribution in [3.05, 3.63) is 28.7 Å². The van der Waals surface area contributed by atoms with Crippen molar-refractivity contribution in [3.63, 3.8) is 0 Å². The van der Waals surface area contributed by atoms with Crippen LogP contribution in [0.3, 0.4) is 0 Å². The van der Waals surface area contributed by atoms with E-state index in [9.17, 15) is 9.59 Å². The molecule has 0 bridgehead atoms. The molecule has 1 unspecified atom stereocenters. The number of halogens is 1. The first kappa shape index (κ1) is 11.8. The maximum atomic E-state index is 11.3. The average Bonchev–Trinajstić information content (AvgIpc) is 2.20. The number of rotatable bonds is 3. The topological polar surface area (TPSA) is 51.1 Å². The molecule has 1 heterocycles.